The molecule has 1 aliphatic rings. The van der Waals surface area contributed by atoms with Crippen LogP contribution in [0.4, 0.5) is 5.13 Å². The third kappa shape index (κ3) is 2.76. The number of rotatable bonds is 4. The number of carbonyl (C=O) groups is 1. The summed E-state index contributed by atoms with van der Waals surface area (Å²) in [7, 11) is 0. The highest BCUT2D eigenvalue weighted by molar-refractivity contribution is 7.15. The zero-order valence-electron chi connectivity index (χ0n) is 9.32. The van der Waals surface area contributed by atoms with E-state index in [1.807, 2.05) is 0 Å². The molecule has 1 saturated heterocycles. The molecule has 1 atom stereocenters. The number of hydrogen-bond donors (Lipinski definition) is 2. The van der Waals surface area contributed by atoms with E-state index >= 15 is 0 Å². The number of anilines is 1. The van der Waals surface area contributed by atoms with E-state index in [2.05, 4.69) is 27.8 Å². The van der Waals surface area contributed by atoms with Gasteiger partial charge >= 0.3 is 0 Å². The van der Waals surface area contributed by atoms with E-state index < -0.39 is 0 Å². The monoisotopic (exact) mass is 240 g/mol. The van der Waals surface area contributed by atoms with Gasteiger partial charge in [-0.2, -0.15) is 0 Å². The Morgan fingerprint density at radius 2 is 2.50 bits per heavy atom. The van der Waals surface area contributed by atoms with Crippen LogP contribution < -0.4 is 10.6 Å². The van der Waals surface area contributed by atoms with Crippen LogP contribution >= 0.6 is 11.3 Å². The normalized spacial score (nSPS) is 19.9. The summed E-state index contributed by atoms with van der Waals surface area (Å²) in [5, 5.41) is 15.6. The van der Waals surface area contributed by atoms with Gasteiger partial charge in [0.2, 0.25) is 11.0 Å². The van der Waals surface area contributed by atoms with Gasteiger partial charge in [0.1, 0.15) is 5.01 Å². The minimum absolute atomic E-state index is 0.0594. The third-order valence-corrected chi connectivity index (χ3v) is 3.49. The Morgan fingerprint density at radius 3 is 3.19 bits per heavy atom. The lowest BCUT2D eigenvalue weighted by Crippen LogP contribution is -2.24. The van der Waals surface area contributed by atoms with Crippen LogP contribution in [0.15, 0.2) is 0 Å². The molecule has 0 unspecified atom stereocenters. The predicted octanol–water partition coefficient (Wildman–Crippen LogP) is 1.04. The summed E-state index contributed by atoms with van der Waals surface area (Å²) in [4.78, 5) is 11.8. The van der Waals surface area contributed by atoms with Crippen LogP contribution in [-0.4, -0.2) is 29.2 Å². The number of aryl methyl sites for hydroxylation is 1. The van der Waals surface area contributed by atoms with E-state index in [4.69, 9.17) is 0 Å². The Bertz CT molecular complexity index is 359. The van der Waals surface area contributed by atoms with Gasteiger partial charge in [-0.05, 0) is 19.4 Å². The molecule has 0 saturated carbocycles. The Labute approximate surface area is 98.7 Å². The van der Waals surface area contributed by atoms with Crippen molar-refractivity contribution in [2.45, 2.75) is 26.2 Å². The molecule has 0 bridgehead atoms. The molecule has 0 aromatic carbocycles. The summed E-state index contributed by atoms with van der Waals surface area (Å²) in [6.45, 7) is 3.80. The van der Waals surface area contributed by atoms with E-state index in [1.54, 1.807) is 0 Å². The molecule has 1 amide bonds. The SMILES string of the molecule is CCCc1nnc(NC(=O)[C@@H]2CCNC2)s1. The molecule has 2 heterocycles. The minimum Gasteiger partial charge on any atom is -0.316 e. The van der Waals surface area contributed by atoms with Crippen LogP contribution in [0, 0.1) is 5.92 Å². The number of aromatic nitrogens is 2. The average Bonchev–Trinajstić information content (AvgIpc) is 2.89. The molecule has 1 aromatic rings. The molecule has 1 aromatic heterocycles. The number of nitrogens with one attached hydrogen (secondary N) is 2. The van der Waals surface area contributed by atoms with Gasteiger partial charge in [-0.15, -0.1) is 10.2 Å². The Kier molecular flexibility index (Phi) is 3.84. The lowest BCUT2D eigenvalue weighted by atomic mass is 10.1. The second-order valence-electron chi connectivity index (χ2n) is 3.93. The quantitative estimate of drug-likeness (QED) is 0.825. The van der Waals surface area contributed by atoms with E-state index in [9.17, 15) is 4.79 Å². The average molecular weight is 240 g/mol. The van der Waals surface area contributed by atoms with Crippen molar-refractivity contribution in [1.82, 2.24) is 15.5 Å². The first-order valence-corrected chi connectivity index (χ1v) is 6.45. The molecule has 1 fully saturated rings. The van der Waals surface area contributed by atoms with Gasteiger partial charge in [-0.3, -0.25) is 4.79 Å². The van der Waals surface area contributed by atoms with Crippen molar-refractivity contribution in [2.75, 3.05) is 18.4 Å². The van der Waals surface area contributed by atoms with Gasteiger partial charge in [0.15, 0.2) is 0 Å². The maximum Gasteiger partial charge on any atom is 0.230 e. The summed E-state index contributed by atoms with van der Waals surface area (Å²) < 4.78 is 0. The van der Waals surface area contributed by atoms with Crippen LogP contribution in [-0.2, 0) is 11.2 Å². The number of nitrogens with zero attached hydrogens (tertiary/aromatic N) is 2. The van der Waals surface area contributed by atoms with Gasteiger partial charge in [0.25, 0.3) is 0 Å². The summed E-state index contributed by atoms with van der Waals surface area (Å²) in [5.74, 6) is 0.141. The highest BCUT2D eigenvalue weighted by Crippen LogP contribution is 2.18. The first-order chi connectivity index (χ1) is 7.79. The smallest absolute Gasteiger partial charge is 0.230 e. The summed E-state index contributed by atoms with van der Waals surface area (Å²) >= 11 is 1.47. The summed E-state index contributed by atoms with van der Waals surface area (Å²) in [6, 6.07) is 0. The number of hydrogen-bond acceptors (Lipinski definition) is 5. The lowest BCUT2D eigenvalue weighted by molar-refractivity contribution is -0.119. The topological polar surface area (TPSA) is 66.9 Å². The fraction of sp³-hybridized carbons (Fsp3) is 0.700. The van der Waals surface area contributed by atoms with Crippen LogP contribution in [0.2, 0.25) is 0 Å². The molecule has 2 N–H and O–H groups in total. The van der Waals surface area contributed by atoms with Gasteiger partial charge in [0, 0.05) is 13.0 Å². The van der Waals surface area contributed by atoms with Crippen molar-refractivity contribution >= 4 is 22.4 Å². The van der Waals surface area contributed by atoms with Crippen LogP contribution in [0.5, 0.6) is 0 Å². The highest BCUT2D eigenvalue weighted by atomic mass is 32.1. The molecule has 0 radical (unpaired) electrons. The van der Waals surface area contributed by atoms with E-state index in [0.29, 0.717) is 5.13 Å². The van der Waals surface area contributed by atoms with Crippen LogP contribution in [0.25, 0.3) is 0 Å². The largest absolute Gasteiger partial charge is 0.316 e. The second kappa shape index (κ2) is 5.36. The first-order valence-electron chi connectivity index (χ1n) is 5.63. The molecular weight excluding hydrogens is 224 g/mol. The Morgan fingerprint density at radius 1 is 1.62 bits per heavy atom. The van der Waals surface area contributed by atoms with Gasteiger partial charge in [0.05, 0.1) is 5.92 Å². The Balaban J connectivity index is 1.89. The fourth-order valence-corrected chi connectivity index (χ4v) is 2.55. The number of amides is 1. The summed E-state index contributed by atoms with van der Waals surface area (Å²) in [6.07, 6.45) is 2.89. The zero-order valence-corrected chi connectivity index (χ0v) is 10.1. The Hall–Kier alpha value is -1.01. The van der Waals surface area contributed by atoms with Crippen molar-refractivity contribution in [1.29, 1.82) is 0 Å². The molecule has 0 spiro atoms. The molecule has 6 heteroatoms. The van der Waals surface area contributed by atoms with Crippen molar-refractivity contribution in [2.24, 2.45) is 5.92 Å². The molecule has 1 aliphatic heterocycles. The molecule has 16 heavy (non-hydrogen) atoms. The van der Waals surface area contributed by atoms with Gasteiger partial charge in [-0.25, -0.2) is 0 Å². The third-order valence-electron chi connectivity index (χ3n) is 2.59. The number of carbonyl (C=O) groups excluding carboxylic acids is 1. The van der Waals surface area contributed by atoms with E-state index in [0.717, 1.165) is 37.4 Å². The zero-order chi connectivity index (χ0) is 11.4. The predicted molar refractivity (Wildman–Crippen MR) is 63.5 cm³/mol. The summed E-state index contributed by atoms with van der Waals surface area (Å²) in [5.41, 5.74) is 0. The molecule has 5 nitrogen and oxygen atoms in total. The maximum atomic E-state index is 11.8. The lowest BCUT2D eigenvalue weighted by Gasteiger charge is -2.05. The van der Waals surface area contributed by atoms with Gasteiger partial charge < -0.3 is 10.6 Å². The molecular formula is C10H16N4OS. The maximum absolute atomic E-state index is 11.8. The molecule has 2 rings (SSSR count). The fourth-order valence-electron chi connectivity index (χ4n) is 1.70. The van der Waals surface area contributed by atoms with Gasteiger partial charge in [-0.1, -0.05) is 18.3 Å². The second-order valence-corrected chi connectivity index (χ2v) is 4.99. The highest BCUT2D eigenvalue weighted by Gasteiger charge is 2.23. The van der Waals surface area contributed by atoms with Crippen LogP contribution in [0.3, 0.4) is 0 Å². The van der Waals surface area contributed by atoms with Crippen molar-refractivity contribution in [3.8, 4) is 0 Å². The molecule has 0 aliphatic carbocycles. The first kappa shape index (κ1) is 11.5. The van der Waals surface area contributed by atoms with Crippen molar-refractivity contribution in [3.05, 3.63) is 5.01 Å². The van der Waals surface area contributed by atoms with Crippen molar-refractivity contribution < 1.29 is 4.79 Å². The van der Waals surface area contributed by atoms with Crippen molar-refractivity contribution in [3.63, 3.8) is 0 Å². The van der Waals surface area contributed by atoms with E-state index in [-0.39, 0.29) is 11.8 Å². The van der Waals surface area contributed by atoms with E-state index in [1.165, 1.54) is 11.3 Å². The molecule has 88 valence electrons. The standard InChI is InChI=1S/C10H16N4OS/c1-2-3-8-13-14-10(16-8)12-9(15)7-4-5-11-6-7/h7,11H,2-6H2,1H3,(H,12,14,15)/t7-/m1/s1. The minimum atomic E-state index is 0.0594. The van der Waals surface area contributed by atoms with Crippen LogP contribution in [0.1, 0.15) is 24.8 Å².